The van der Waals surface area contributed by atoms with Gasteiger partial charge in [-0.15, -0.1) is 0 Å². The predicted octanol–water partition coefficient (Wildman–Crippen LogP) is 1.82. The van der Waals surface area contributed by atoms with Crippen LogP contribution in [0.25, 0.3) is 0 Å². The molecule has 0 fully saturated rings. The van der Waals surface area contributed by atoms with Gasteiger partial charge in [0.05, 0.1) is 0 Å². The monoisotopic (exact) mass is 236 g/mol. The number of halogens is 3. The summed E-state index contributed by atoms with van der Waals surface area (Å²) in [5.74, 6) is -0.267. The molecule has 0 heterocycles. The molecule has 2 unspecified atom stereocenters. The van der Waals surface area contributed by atoms with Crippen molar-refractivity contribution in [3.63, 3.8) is 0 Å². The summed E-state index contributed by atoms with van der Waals surface area (Å²) in [4.78, 5) is 0. The van der Waals surface area contributed by atoms with Gasteiger partial charge >= 0.3 is 0 Å². The van der Waals surface area contributed by atoms with Crippen LogP contribution in [0.2, 0.25) is 0 Å². The lowest BCUT2D eigenvalue weighted by molar-refractivity contribution is 0.220. The van der Waals surface area contributed by atoms with Crippen LogP contribution in [0.5, 0.6) is 0 Å². The van der Waals surface area contributed by atoms with Crippen LogP contribution in [0, 0.1) is 5.41 Å². The average molecular weight is 237 g/mol. The lowest BCUT2D eigenvalue weighted by Crippen LogP contribution is -2.28. The first kappa shape index (κ1) is 9.38. The van der Waals surface area contributed by atoms with E-state index in [2.05, 4.69) is 15.9 Å². The number of nitrogens with two attached hydrogens (primary N) is 1. The molecule has 1 aliphatic carbocycles. The quantitative estimate of drug-likeness (QED) is 0.408. The fourth-order valence-corrected chi connectivity index (χ4v) is 1.06. The van der Waals surface area contributed by atoms with E-state index in [9.17, 15) is 8.78 Å². The first-order valence-electron chi connectivity index (χ1n) is 3.21. The maximum absolute atomic E-state index is 13.0. The van der Waals surface area contributed by atoms with Gasteiger partial charge in [0.2, 0.25) is 4.58 Å². The summed E-state index contributed by atoms with van der Waals surface area (Å²) in [5.41, 5.74) is 5.28. The molecule has 0 spiro atoms. The van der Waals surface area contributed by atoms with Crippen LogP contribution in [0.1, 0.15) is 0 Å². The predicted molar refractivity (Wildman–Crippen MR) is 46.8 cm³/mol. The Morgan fingerprint density at radius 1 is 1.75 bits per heavy atom. The van der Waals surface area contributed by atoms with Gasteiger partial charge in [0.25, 0.3) is 0 Å². The molecule has 0 saturated carbocycles. The van der Waals surface area contributed by atoms with Gasteiger partial charge in [-0.05, 0) is 28.1 Å². The minimum atomic E-state index is -2.16. The molecule has 5 heteroatoms. The van der Waals surface area contributed by atoms with E-state index in [4.69, 9.17) is 11.1 Å². The van der Waals surface area contributed by atoms with Crippen molar-refractivity contribution in [1.29, 1.82) is 5.41 Å². The SMILES string of the molecule is N=C(N)C1=CC(F)C(F)(Br)C=C1. The number of nitrogens with one attached hydrogen (secondary N) is 1. The third-order valence-electron chi connectivity index (χ3n) is 1.49. The molecule has 0 bridgehead atoms. The Labute approximate surface area is 76.8 Å². The van der Waals surface area contributed by atoms with Crippen LogP contribution < -0.4 is 5.73 Å². The van der Waals surface area contributed by atoms with E-state index in [1.54, 1.807) is 0 Å². The summed E-state index contributed by atoms with van der Waals surface area (Å²) in [5, 5.41) is 6.96. The molecule has 0 aromatic heterocycles. The van der Waals surface area contributed by atoms with Crippen molar-refractivity contribution in [2.75, 3.05) is 0 Å². The van der Waals surface area contributed by atoms with Crippen molar-refractivity contribution >= 4 is 21.8 Å². The molecule has 66 valence electrons. The molecule has 0 aromatic rings. The van der Waals surface area contributed by atoms with E-state index < -0.39 is 10.7 Å². The lowest BCUT2D eigenvalue weighted by atomic mass is 10.0. The maximum atomic E-state index is 13.0. The molecule has 0 amide bonds. The molecular formula is C7H7BrF2N2. The second kappa shape index (κ2) is 2.97. The Balaban J connectivity index is 2.91. The largest absolute Gasteiger partial charge is 0.384 e. The first-order chi connectivity index (χ1) is 5.43. The summed E-state index contributed by atoms with van der Waals surface area (Å²) in [6.45, 7) is 0. The maximum Gasteiger partial charge on any atom is 0.218 e. The van der Waals surface area contributed by atoms with Crippen LogP contribution in [0.3, 0.4) is 0 Å². The molecule has 0 saturated heterocycles. The normalized spacial score (nSPS) is 34.6. The third kappa shape index (κ3) is 1.72. The molecule has 0 radical (unpaired) electrons. The van der Waals surface area contributed by atoms with E-state index >= 15 is 0 Å². The summed E-state index contributed by atoms with van der Waals surface area (Å²) in [6.07, 6.45) is 1.43. The number of allylic oxidation sites excluding steroid dienone is 2. The fourth-order valence-electron chi connectivity index (χ4n) is 0.797. The Bertz CT molecular complexity index is 271. The molecule has 2 nitrogen and oxygen atoms in total. The molecule has 12 heavy (non-hydrogen) atoms. The zero-order valence-electron chi connectivity index (χ0n) is 6.02. The highest BCUT2D eigenvalue weighted by Crippen LogP contribution is 2.33. The number of hydrogen-bond donors (Lipinski definition) is 2. The van der Waals surface area contributed by atoms with Gasteiger partial charge in [-0.1, -0.05) is 6.08 Å². The molecule has 0 aliphatic heterocycles. The Hall–Kier alpha value is -0.710. The lowest BCUT2D eigenvalue weighted by Gasteiger charge is -2.20. The number of alkyl halides is 3. The molecule has 0 aromatic carbocycles. The van der Waals surface area contributed by atoms with Gasteiger partial charge in [-0.3, -0.25) is 5.41 Å². The van der Waals surface area contributed by atoms with Crippen LogP contribution in [-0.2, 0) is 0 Å². The summed E-state index contributed by atoms with van der Waals surface area (Å²) >= 11 is 2.55. The van der Waals surface area contributed by atoms with Gasteiger partial charge in [0, 0.05) is 5.57 Å². The standard InChI is InChI=1S/C7H7BrF2N2/c8-7(10)2-1-4(6(11)12)3-5(7)9/h1-3,5H,(H3,11,12). The van der Waals surface area contributed by atoms with Gasteiger partial charge in [0.1, 0.15) is 5.84 Å². The first-order valence-corrected chi connectivity index (χ1v) is 4.00. The van der Waals surface area contributed by atoms with Crippen LogP contribution in [-0.4, -0.2) is 16.6 Å². The second-order valence-electron chi connectivity index (χ2n) is 2.45. The van der Waals surface area contributed by atoms with E-state index in [-0.39, 0.29) is 11.4 Å². The van der Waals surface area contributed by atoms with Crippen molar-refractivity contribution < 1.29 is 8.78 Å². The molecule has 3 N–H and O–H groups in total. The zero-order valence-corrected chi connectivity index (χ0v) is 7.61. The van der Waals surface area contributed by atoms with Crippen LogP contribution in [0.4, 0.5) is 8.78 Å². The highest BCUT2D eigenvalue weighted by molar-refractivity contribution is 9.10. The van der Waals surface area contributed by atoms with Crippen LogP contribution >= 0.6 is 15.9 Å². The second-order valence-corrected chi connectivity index (χ2v) is 3.66. The van der Waals surface area contributed by atoms with Crippen molar-refractivity contribution in [3.8, 4) is 0 Å². The molecular weight excluding hydrogens is 230 g/mol. The molecule has 1 aliphatic rings. The highest BCUT2D eigenvalue weighted by Gasteiger charge is 2.35. The minimum Gasteiger partial charge on any atom is -0.384 e. The number of hydrogen-bond acceptors (Lipinski definition) is 1. The topological polar surface area (TPSA) is 49.9 Å². The van der Waals surface area contributed by atoms with Gasteiger partial charge in [-0.25, -0.2) is 8.78 Å². The van der Waals surface area contributed by atoms with Gasteiger partial charge in [0.15, 0.2) is 6.17 Å². The third-order valence-corrected chi connectivity index (χ3v) is 2.19. The smallest absolute Gasteiger partial charge is 0.218 e. The van der Waals surface area contributed by atoms with E-state index in [1.807, 2.05) is 0 Å². The van der Waals surface area contributed by atoms with Gasteiger partial charge < -0.3 is 5.73 Å². The van der Waals surface area contributed by atoms with Gasteiger partial charge in [-0.2, -0.15) is 0 Å². The van der Waals surface area contributed by atoms with E-state index in [1.165, 1.54) is 6.08 Å². The Morgan fingerprint density at radius 2 is 2.33 bits per heavy atom. The minimum absolute atomic E-state index is 0.204. The fraction of sp³-hybridized carbons (Fsp3) is 0.286. The highest BCUT2D eigenvalue weighted by atomic mass is 79.9. The zero-order chi connectivity index (χ0) is 9.35. The van der Waals surface area contributed by atoms with E-state index in [0.29, 0.717) is 0 Å². The van der Waals surface area contributed by atoms with Crippen LogP contribution in [0.15, 0.2) is 23.8 Å². The van der Waals surface area contributed by atoms with Crippen molar-refractivity contribution in [2.45, 2.75) is 10.7 Å². The van der Waals surface area contributed by atoms with Crippen molar-refractivity contribution in [1.82, 2.24) is 0 Å². The summed E-state index contributed by atoms with van der Waals surface area (Å²) < 4.78 is 23.7. The molecule has 1 rings (SSSR count). The van der Waals surface area contributed by atoms with Crippen molar-refractivity contribution in [2.24, 2.45) is 5.73 Å². The Morgan fingerprint density at radius 3 is 2.75 bits per heavy atom. The molecule has 2 atom stereocenters. The number of amidine groups is 1. The summed E-state index contributed by atoms with van der Waals surface area (Å²) in [7, 11) is 0. The number of rotatable bonds is 1. The van der Waals surface area contributed by atoms with Crippen molar-refractivity contribution in [3.05, 3.63) is 23.8 Å². The average Bonchev–Trinajstić information content (AvgIpc) is 1.94. The Kier molecular flexibility index (Phi) is 2.32. The summed E-state index contributed by atoms with van der Waals surface area (Å²) in [6, 6.07) is 0. The van der Waals surface area contributed by atoms with E-state index in [0.717, 1.165) is 12.2 Å².